The molecule has 5 nitrogen and oxygen atoms in total. The predicted molar refractivity (Wildman–Crippen MR) is 66.8 cm³/mol. The van der Waals surface area contributed by atoms with Crippen LogP contribution >= 0.6 is 0 Å². The van der Waals surface area contributed by atoms with Crippen LogP contribution in [0.2, 0.25) is 0 Å². The number of esters is 1. The first-order chi connectivity index (χ1) is 8.63. The van der Waals surface area contributed by atoms with Crippen molar-refractivity contribution >= 4 is 11.7 Å². The molecule has 0 fully saturated rings. The summed E-state index contributed by atoms with van der Waals surface area (Å²) in [5.74, 6) is -0.712. The molecule has 0 aliphatic rings. The molecule has 18 heavy (non-hydrogen) atoms. The Labute approximate surface area is 106 Å². The van der Waals surface area contributed by atoms with Gasteiger partial charge in [0, 0.05) is 6.61 Å². The summed E-state index contributed by atoms with van der Waals surface area (Å²) in [6.07, 6.45) is -0.729. The number of rotatable bonds is 5. The summed E-state index contributed by atoms with van der Waals surface area (Å²) in [6.45, 7) is 4.14. The van der Waals surface area contributed by atoms with Crippen LogP contribution in [0.3, 0.4) is 0 Å². The van der Waals surface area contributed by atoms with E-state index in [0.717, 1.165) is 11.1 Å². The molecule has 0 saturated heterocycles. The van der Waals surface area contributed by atoms with E-state index in [1.807, 2.05) is 31.2 Å². The highest BCUT2D eigenvalue weighted by atomic mass is 16.5. The molecule has 0 aromatic heterocycles. The number of hydrogen-bond acceptors (Lipinski definition) is 5. The van der Waals surface area contributed by atoms with Crippen LogP contribution in [0.4, 0.5) is 0 Å². The quantitative estimate of drug-likeness (QED) is 0.376. The van der Waals surface area contributed by atoms with Crippen molar-refractivity contribution in [3.05, 3.63) is 35.4 Å². The molecule has 5 heteroatoms. The van der Waals surface area contributed by atoms with Gasteiger partial charge in [0.2, 0.25) is 0 Å². The van der Waals surface area contributed by atoms with Crippen LogP contribution in [0.25, 0.3) is 0 Å². The Kier molecular flexibility index (Phi) is 5.32. The minimum absolute atomic E-state index is 0.164. The van der Waals surface area contributed by atoms with Crippen molar-refractivity contribution in [3.63, 3.8) is 0 Å². The molecule has 0 aliphatic heterocycles. The van der Waals surface area contributed by atoms with Gasteiger partial charge in [0.05, 0.1) is 7.11 Å². The van der Waals surface area contributed by atoms with E-state index in [1.54, 1.807) is 6.92 Å². The van der Waals surface area contributed by atoms with Crippen molar-refractivity contribution in [2.24, 2.45) is 5.16 Å². The minimum atomic E-state index is -0.729. The molecule has 1 aromatic carbocycles. The monoisotopic (exact) mass is 251 g/mol. The second kappa shape index (κ2) is 6.76. The smallest absolute Gasteiger partial charge is 0.358 e. The Balaban J connectivity index is 3.08. The molecule has 1 aromatic rings. The molecule has 0 radical (unpaired) electrons. The molecule has 1 unspecified atom stereocenters. The van der Waals surface area contributed by atoms with Crippen LogP contribution in [-0.4, -0.2) is 30.6 Å². The van der Waals surface area contributed by atoms with Gasteiger partial charge in [-0.15, -0.1) is 0 Å². The minimum Gasteiger partial charge on any atom is -0.464 e. The third-order valence-electron chi connectivity index (χ3n) is 2.46. The first kappa shape index (κ1) is 14.2. The zero-order chi connectivity index (χ0) is 13.5. The molecule has 0 aliphatic carbocycles. The Bertz CT molecular complexity index is 425. The van der Waals surface area contributed by atoms with Crippen molar-refractivity contribution in [1.29, 1.82) is 0 Å². The van der Waals surface area contributed by atoms with Crippen molar-refractivity contribution in [3.8, 4) is 0 Å². The van der Waals surface area contributed by atoms with Gasteiger partial charge in [-0.2, -0.15) is 0 Å². The molecular formula is C13H17NO4. The molecule has 1 atom stereocenters. The maximum Gasteiger partial charge on any atom is 0.358 e. The summed E-state index contributed by atoms with van der Waals surface area (Å²) in [5, 5.41) is 11.9. The summed E-state index contributed by atoms with van der Waals surface area (Å²) in [5.41, 5.74) is 1.67. The molecule has 0 heterocycles. The molecule has 0 amide bonds. The number of methoxy groups -OCH3 is 1. The number of oxime groups is 1. The fraction of sp³-hybridized carbons (Fsp3) is 0.385. The standard InChI is InChI=1S/C13H17NO4/c1-4-18-12(11(14-16)13(15)17-3)10-7-5-9(2)6-8-10/h5-8,12,16H,4H2,1-3H3/b14-11+. The van der Waals surface area contributed by atoms with Crippen LogP contribution in [0, 0.1) is 6.92 Å². The van der Waals surface area contributed by atoms with Gasteiger partial charge in [-0.05, 0) is 19.4 Å². The van der Waals surface area contributed by atoms with E-state index in [0.29, 0.717) is 6.61 Å². The van der Waals surface area contributed by atoms with Crippen LogP contribution in [0.15, 0.2) is 29.4 Å². The SMILES string of the molecule is CCOC(/C(=N\O)C(=O)OC)c1ccc(C)cc1. The summed E-state index contributed by atoms with van der Waals surface area (Å²) >= 11 is 0. The van der Waals surface area contributed by atoms with Crippen molar-refractivity contribution < 1.29 is 19.5 Å². The average molecular weight is 251 g/mol. The lowest BCUT2D eigenvalue weighted by molar-refractivity contribution is -0.133. The van der Waals surface area contributed by atoms with Gasteiger partial charge in [-0.1, -0.05) is 35.0 Å². The molecule has 0 spiro atoms. The Hall–Kier alpha value is -1.88. The highest BCUT2D eigenvalue weighted by molar-refractivity contribution is 6.38. The maximum absolute atomic E-state index is 11.5. The second-order valence-electron chi connectivity index (χ2n) is 3.72. The Morgan fingerprint density at radius 1 is 1.39 bits per heavy atom. The normalized spacial score (nSPS) is 13.2. The Morgan fingerprint density at radius 2 is 2.00 bits per heavy atom. The first-order valence-corrected chi connectivity index (χ1v) is 5.62. The van der Waals surface area contributed by atoms with Gasteiger partial charge in [-0.3, -0.25) is 0 Å². The van der Waals surface area contributed by atoms with Crippen LogP contribution in [0.1, 0.15) is 24.2 Å². The topological polar surface area (TPSA) is 68.1 Å². The lowest BCUT2D eigenvalue weighted by Crippen LogP contribution is -2.26. The van der Waals surface area contributed by atoms with E-state index in [4.69, 9.17) is 9.94 Å². The number of carbonyl (C=O) groups is 1. The predicted octanol–water partition coefficient (Wildman–Crippen LogP) is 2.08. The lowest BCUT2D eigenvalue weighted by Gasteiger charge is -2.17. The van der Waals surface area contributed by atoms with E-state index in [2.05, 4.69) is 9.89 Å². The van der Waals surface area contributed by atoms with Crippen molar-refractivity contribution in [1.82, 2.24) is 0 Å². The molecule has 98 valence electrons. The average Bonchev–Trinajstić information content (AvgIpc) is 2.39. The third kappa shape index (κ3) is 3.30. The van der Waals surface area contributed by atoms with E-state index in [1.165, 1.54) is 7.11 Å². The molecule has 1 N–H and O–H groups in total. The van der Waals surface area contributed by atoms with Gasteiger partial charge in [-0.25, -0.2) is 4.79 Å². The summed E-state index contributed by atoms with van der Waals surface area (Å²) in [6, 6.07) is 7.44. The summed E-state index contributed by atoms with van der Waals surface area (Å²) in [7, 11) is 1.23. The van der Waals surface area contributed by atoms with Gasteiger partial charge < -0.3 is 14.7 Å². The maximum atomic E-state index is 11.5. The molecular weight excluding hydrogens is 234 g/mol. The largest absolute Gasteiger partial charge is 0.464 e. The van der Waals surface area contributed by atoms with E-state index in [9.17, 15) is 4.79 Å². The number of carbonyl (C=O) groups excluding carboxylic acids is 1. The number of nitrogens with zero attached hydrogens (tertiary/aromatic N) is 1. The number of ether oxygens (including phenoxy) is 2. The lowest BCUT2D eigenvalue weighted by atomic mass is 10.0. The molecule has 1 rings (SSSR count). The van der Waals surface area contributed by atoms with E-state index in [-0.39, 0.29) is 5.71 Å². The fourth-order valence-corrected chi connectivity index (χ4v) is 1.55. The van der Waals surface area contributed by atoms with Gasteiger partial charge in [0.1, 0.15) is 6.10 Å². The summed E-state index contributed by atoms with van der Waals surface area (Å²) < 4.78 is 10.0. The van der Waals surface area contributed by atoms with Crippen LogP contribution < -0.4 is 0 Å². The van der Waals surface area contributed by atoms with E-state index >= 15 is 0 Å². The highest BCUT2D eigenvalue weighted by Crippen LogP contribution is 2.20. The summed E-state index contributed by atoms with van der Waals surface area (Å²) in [4.78, 5) is 11.5. The number of hydrogen-bond donors (Lipinski definition) is 1. The van der Waals surface area contributed by atoms with Crippen molar-refractivity contribution in [2.45, 2.75) is 20.0 Å². The fourth-order valence-electron chi connectivity index (χ4n) is 1.55. The zero-order valence-corrected chi connectivity index (χ0v) is 10.7. The van der Waals surface area contributed by atoms with Gasteiger partial charge in [0.25, 0.3) is 0 Å². The van der Waals surface area contributed by atoms with E-state index < -0.39 is 12.1 Å². The van der Waals surface area contributed by atoms with Gasteiger partial charge >= 0.3 is 5.97 Å². The Morgan fingerprint density at radius 3 is 2.44 bits per heavy atom. The second-order valence-corrected chi connectivity index (χ2v) is 3.72. The van der Waals surface area contributed by atoms with Gasteiger partial charge in [0.15, 0.2) is 5.71 Å². The zero-order valence-electron chi connectivity index (χ0n) is 10.7. The van der Waals surface area contributed by atoms with Crippen molar-refractivity contribution in [2.75, 3.05) is 13.7 Å². The molecule has 0 bridgehead atoms. The van der Waals surface area contributed by atoms with Crippen LogP contribution in [-0.2, 0) is 14.3 Å². The number of benzene rings is 1. The number of aryl methyl sites for hydroxylation is 1. The van der Waals surface area contributed by atoms with Crippen LogP contribution in [0.5, 0.6) is 0 Å². The first-order valence-electron chi connectivity index (χ1n) is 5.62. The third-order valence-corrected chi connectivity index (χ3v) is 2.46. The highest BCUT2D eigenvalue weighted by Gasteiger charge is 2.26. The molecule has 0 saturated carbocycles.